The zero-order valence-corrected chi connectivity index (χ0v) is 22.0. The third-order valence-electron chi connectivity index (χ3n) is 6.69. The van der Waals surface area contributed by atoms with Gasteiger partial charge in [0.2, 0.25) is 0 Å². The Balaban J connectivity index is 1.67. The summed E-state index contributed by atoms with van der Waals surface area (Å²) in [4.78, 5) is 18.2. The van der Waals surface area contributed by atoms with Crippen LogP contribution in [0.5, 0.6) is 23.0 Å². The SMILES string of the molecule is COc1ccc(NC(=S)N(Cc2cc3cc(OC)c(OC)cc3[nH]c2=O)C2CCCCC2)c(OC)c1. The van der Waals surface area contributed by atoms with Gasteiger partial charge in [0, 0.05) is 29.1 Å². The van der Waals surface area contributed by atoms with Gasteiger partial charge in [-0.2, -0.15) is 0 Å². The monoisotopic (exact) mass is 511 g/mol. The van der Waals surface area contributed by atoms with Crippen molar-refractivity contribution in [3.8, 4) is 23.0 Å². The highest BCUT2D eigenvalue weighted by molar-refractivity contribution is 7.80. The highest BCUT2D eigenvalue weighted by atomic mass is 32.1. The third kappa shape index (κ3) is 5.51. The number of ether oxygens (including phenoxy) is 4. The van der Waals surface area contributed by atoms with Crippen molar-refractivity contribution >= 4 is 33.9 Å². The smallest absolute Gasteiger partial charge is 0.253 e. The Morgan fingerprint density at radius 1 is 0.944 bits per heavy atom. The van der Waals surface area contributed by atoms with Crippen molar-refractivity contribution in [1.29, 1.82) is 0 Å². The largest absolute Gasteiger partial charge is 0.497 e. The topological polar surface area (TPSA) is 85.1 Å². The number of nitrogens with zero attached hydrogens (tertiary/aromatic N) is 1. The standard InChI is InChI=1S/C27H33N3O5S/c1-32-20-10-11-21(23(14-20)33-2)29-27(36)30(19-8-6-5-7-9-19)16-18-12-17-13-24(34-3)25(35-4)15-22(17)28-26(18)31/h10-15,19H,5-9,16H2,1-4H3,(H,28,31)(H,29,36). The highest BCUT2D eigenvalue weighted by Gasteiger charge is 2.25. The van der Waals surface area contributed by atoms with Gasteiger partial charge in [-0.05, 0) is 49.3 Å². The molecule has 0 radical (unpaired) electrons. The minimum Gasteiger partial charge on any atom is -0.497 e. The van der Waals surface area contributed by atoms with E-state index >= 15 is 0 Å². The average molecular weight is 512 g/mol. The number of thiocarbonyl (C=S) groups is 1. The number of pyridine rings is 1. The van der Waals surface area contributed by atoms with Crippen molar-refractivity contribution in [3.05, 3.63) is 52.3 Å². The lowest BCUT2D eigenvalue weighted by Crippen LogP contribution is -2.44. The maximum absolute atomic E-state index is 13.1. The van der Waals surface area contributed by atoms with E-state index in [1.54, 1.807) is 34.5 Å². The van der Waals surface area contributed by atoms with Gasteiger partial charge in [-0.3, -0.25) is 4.79 Å². The van der Waals surface area contributed by atoms with Crippen LogP contribution in [0.1, 0.15) is 37.7 Å². The maximum Gasteiger partial charge on any atom is 0.253 e. The first-order chi connectivity index (χ1) is 17.5. The number of benzene rings is 2. The van der Waals surface area contributed by atoms with Crippen molar-refractivity contribution in [3.63, 3.8) is 0 Å². The summed E-state index contributed by atoms with van der Waals surface area (Å²) in [6, 6.07) is 11.3. The fourth-order valence-electron chi connectivity index (χ4n) is 4.73. The molecule has 0 amide bonds. The minimum absolute atomic E-state index is 0.152. The van der Waals surface area contributed by atoms with Crippen molar-refractivity contribution in [2.24, 2.45) is 0 Å². The molecule has 36 heavy (non-hydrogen) atoms. The molecule has 0 bridgehead atoms. The van der Waals surface area contributed by atoms with Crippen LogP contribution in [-0.4, -0.2) is 49.5 Å². The fraction of sp³-hybridized carbons (Fsp3) is 0.407. The third-order valence-corrected chi connectivity index (χ3v) is 7.03. The Morgan fingerprint density at radius 3 is 2.31 bits per heavy atom. The number of aromatic nitrogens is 1. The zero-order chi connectivity index (χ0) is 25.7. The molecular formula is C27H33N3O5S. The van der Waals surface area contributed by atoms with Crippen LogP contribution < -0.4 is 29.8 Å². The molecule has 0 saturated heterocycles. The predicted octanol–water partition coefficient (Wildman–Crippen LogP) is 5.09. The number of aromatic amines is 1. The number of hydrogen-bond donors (Lipinski definition) is 2. The molecule has 2 aromatic carbocycles. The summed E-state index contributed by atoms with van der Waals surface area (Å²) in [5.74, 6) is 2.50. The van der Waals surface area contributed by atoms with E-state index in [1.165, 1.54) is 6.42 Å². The van der Waals surface area contributed by atoms with Crippen LogP contribution in [0, 0.1) is 0 Å². The molecule has 9 heteroatoms. The molecule has 192 valence electrons. The first-order valence-corrected chi connectivity index (χ1v) is 12.5. The summed E-state index contributed by atoms with van der Waals surface area (Å²) in [5.41, 5.74) is 1.91. The normalized spacial score (nSPS) is 13.8. The van der Waals surface area contributed by atoms with E-state index in [-0.39, 0.29) is 11.6 Å². The van der Waals surface area contributed by atoms with Crippen LogP contribution in [-0.2, 0) is 6.54 Å². The van der Waals surface area contributed by atoms with Gasteiger partial charge in [0.25, 0.3) is 5.56 Å². The molecule has 1 aliphatic rings. The second-order valence-electron chi connectivity index (χ2n) is 8.83. The van der Waals surface area contributed by atoms with Crippen molar-refractivity contribution in [2.45, 2.75) is 44.7 Å². The molecule has 0 atom stereocenters. The van der Waals surface area contributed by atoms with Gasteiger partial charge in [-0.1, -0.05) is 19.3 Å². The molecule has 1 fully saturated rings. The Bertz CT molecular complexity index is 1290. The van der Waals surface area contributed by atoms with Crippen LogP contribution in [0.3, 0.4) is 0 Å². The number of anilines is 1. The van der Waals surface area contributed by atoms with Crippen LogP contribution in [0.2, 0.25) is 0 Å². The van der Waals surface area contributed by atoms with Gasteiger partial charge in [-0.15, -0.1) is 0 Å². The molecule has 1 heterocycles. The first kappa shape index (κ1) is 25.6. The second kappa shape index (κ2) is 11.5. The van der Waals surface area contributed by atoms with Crippen LogP contribution in [0.4, 0.5) is 5.69 Å². The summed E-state index contributed by atoms with van der Waals surface area (Å²) < 4.78 is 21.7. The van der Waals surface area contributed by atoms with Gasteiger partial charge >= 0.3 is 0 Å². The second-order valence-corrected chi connectivity index (χ2v) is 9.22. The predicted molar refractivity (Wildman–Crippen MR) is 146 cm³/mol. The van der Waals surface area contributed by atoms with E-state index in [9.17, 15) is 4.79 Å². The number of rotatable bonds is 8. The molecule has 0 spiro atoms. The Morgan fingerprint density at radius 2 is 1.64 bits per heavy atom. The molecular weight excluding hydrogens is 478 g/mol. The van der Waals surface area contributed by atoms with Crippen molar-refractivity contribution < 1.29 is 18.9 Å². The summed E-state index contributed by atoms with van der Waals surface area (Å²) in [7, 11) is 6.40. The molecule has 8 nitrogen and oxygen atoms in total. The molecule has 1 aliphatic carbocycles. The molecule has 1 saturated carbocycles. The fourth-order valence-corrected chi connectivity index (χ4v) is 5.05. The maximum atomic E-state index is 13.1. The van der Waals surface area contributed by atoms with Crippen LogP contribution >= 0.6 is 12.2 Å². The summed E-state index contributed by atoms with van der Waals surface area (Å²) in [5, 5.41) is 4.76. The van der Waals surface area contributed by atoms with Gasteiger partial charge in [-0.25, -0.2) is 0 Å². The molecule has 3 aromatic rings. The first-order valence-electron chi connectivity index (χ1n) is 12.0. The van der Waals surface area contributed by atoms with E-state index in [2.05, 4.69) is 15.2 Å². The molecule has 1 aromatic heterocycles. The average Bonchev–Trinajstić information content (AvgIpc) is 2.91. The van der Waals surface area contributed by atoms with E-state index in [1.807, 2.05) is 30.3 Å². The lowest BCUT2D eigenvalue weighted by molar-refractivity contribution is 0.240. The minimum atomic E-state index is -0.152. The van der Waals surface area contributed by atoms with E-state index in [0.29, 0.717) is 45.7 Å². The molecule has 0 unspecified atom stereocenters. The quantitative estimate of drug-likeness (QED) is 0.405. The summed E-state index contributed by atoms with van der Waals surface area (Å²) in [6.45, 7) is 0.384. The number of methoxy groups -OCH3 is 4. The Hall–Kier alpha value is -3.46. The summed E-state index contributed by atoms with van der Waals surface area (Å²) >= 11 is 5.90. The lowest BCUT2D eigenvalue weighted by atomic mass is 9.94. The van der Waals surface area contributed by atoms with Gasteiger partial charge in [0.15, 0.2) is 16.6 Å². The number of hydrogen-bond acceptors (Lipinski definition) is 6. The number of H-pyrrole nitrogens is 1. The van der Waals surface area contributed by atoms with Gasteiger partial charge in [0.1, 0.15) is 11.5 Å². The van der Waals surface area contributed by atoms with Crippen LogP contribution in [0.25, 0.3) is 10.9 Å². The number of nitrogens with one attached hydrogen (secondary N) is 2. The molecule has 4 rings (SSSR count). The zero-order valence-electron chi connectivity index (χ0n) is 21.2. The molecule has 2 N–H and O–H groups in total. The summed E-state index contributed by atoms with van der Waals surface area (Å²) in [6.07, 6.45) is 5.55. The van der Waals surface area contributed by atoms with E-state index in [0.717, 1.165) is 36.8 Å². The molecule has 0 aliphatic heterocycles. The Kier molecular flexibility index (Phi) is 8.20. The van der Waals surface area contributed by atoms with Crippen LogP contribution in [0.15, 0.2) is 41.2 Å². The van der Waals surface area contributed by atoms with Gasteiger partial charge < -0.3 is 34.1 Å². The van der Waals surface area contributed by atoms with E-state index in [4.69, 9.17) is 31.2 Å². The van der Waals surface area contributed by atoms with Crippen molar-refractivity contribution in [2.75, 3.05) is 33.8 Å². The Labute approximate surface area is 216 Å². The van der Waals surface area contributed by atoms with Crippen molar-refractivity contribution in [1.82, 2.24) is 9.88 Å². The highest BCUT2D eigenvalue weighted by Crippen LogP contribution is 2.33. The van der Waals surface area contributed by atoms with Gasteiger partial charge in [0.05, 0.1) is 46.2 Å². The lowest BCUT2D eigenvalue weighted by Gasteiger charge is -2.36. The van der Waals surface area contributed by atoms with E-state index < -0.39 is 0 Å². The number of fused-ring (bicyclic) bond motifs is 1.